The van der Waals surface area contributed by atoms with Gasteiger partial charge in [-0.1, -0.05) is 36.8 Å². The van der Waals surface area contributed by atoms with Crippen LogP contribution >= 0.6 is 0 Å². The van der Waals surface area contributed by atoms with Crippen LogP contribution in [0.2, 0.25) is 0 Å². The van der Waals surface area contributed by atoms with E-state index in [1.807, 2.05) is 67.5 Å². The molecule has 1 aromatic heterocycles. The lowest BCUT2D eigenvalue weighted by Gasteiger charge is -2.30. The Hall–Kier alpha value is -3.42. The van der Waals surface area contributed by atoms with Gasteiger partial charge in [0.1, 0.15) is 16.7 Å². The Balaban J connectivity index is 1.53. The number of aliphatic hydroxyl groups is 1. The second kappa shape index (κ2) is 13.5. The highest BCUT2D eigenvalue weighted by Crippen LogP contribution is 2.44. The van der Waals surface area contributed by atoms with Crippen molar-refractivity contribution in [3.8, 4) is 28.5 Å². The zero-order valence-electron chi connectivity index (χ0n) is 25.3. The molecule has 1 saturated heterocycles. The molecule has 3 aromatic rings. The number of nitrogens with one attached hydrogen (secondary N) is 1. The molecule has 2 aliphatic rings. The van der Waals surface area contributed by atoms with Crippen LogP contribution in [0.3, 0.4) is 0 Å². The Morgan fingerprint density at radius 1 is 1.07 bits per heavy atom. The van der Waals surface area contributed by atoms with Gasteiger partial charge in [-0.15, -0.1) is 0 Å². The molecule has 8 nitrogen and oxygen atoms in total. The van der Waals surface area contributed by atoms with Gasteiger partial charge in [-0.25, -0.2) is 13.5 Å². The van der Waals surface area contributed by atoms with Crippen molar-refractivity contribution in [2.45, 2.75) is 63.8 Å². The second-order valence-electron chi connectivity index (χ2n) is 12.3. The molecule has 226 valence electrons. The van der Waals surface area contributed by atoms with Gasteiger partial charge in [0.15, 0.2) is 0 Å². The fourth-order valence-corrected chi connectivity index (χ4v) is 7.39. The zero-order valence-corrected chi connectivity index (χ0v) is 26.1. The van der Waals surface area contributed by atoms with Crippen molar-refractivity contribution in [3.05, 3.63) is 77.0 Å². The molecule has 0 aliphatic carbocycles. The summed E-state index contributed by atoms with van der Waals surface area (Å²) in [5.74, 6) is -0.224. The molecule has 0 bridgehead atoms. The van der Waals surface area contributed by atoms with E-state index in [-0.39, 0.29) is 18.6 Å². The third-order valence-corrected chi connectivity index (χ3v) is 10.0. The van der Waals surface area contributed by atoms with Crippen LogP contribution in [0.4, 0.5) is 0 Å². The zero-order chi connectivity index (χ0) is 30.6. The van der Waals surface area contributed by atoms with E-state index in [9.17, 15) is 19.4 Å². The van der Waals surface area contributed by atoms with Gasteiger partial charge >= 0.3 is 0 Å². The van der Waals surface area contributed by atoms with Crippen LogP contribution < -0.4 is 5.32 Å². The lowest BCUT2D eigenvalue weighted by Crippen LogP contribution is -2.37. The Kier molecular flexibility index (Phi) is 9.72. The number of rotatable bonds is 9. The average Bonchev–Trinajstić information content (AvgIpc) is 3.38. The van der Waals surface area contributed by atoms with E-state index in [4.69, 9.17) is 4.98 Å². The number of carbonyl (C=O) groups is 1. The Labute approximate surface area is 257 Å². The summed E-state index contributed by atoms with van der Waals surface area (Å²) in [6.45, 7) is 9.69. The van der Waals surface area contributed by atoms with E-state index in [2.05, 4.69) is 16.3 Å². The molecule has 5 rings (SSSR count). The third-order valence-electron chi connectivity index (χ3n) is 8.17. The minimum atomic E-state index is -1.34. The van der Waals surface area contributed by atoms with Gasteiger partial charge in [0.25, 0.3) is 5.91 Å². The van der Waals surface area contributed by atoms with Crippen molar-refractivity contribution in [2.75, 3.05) is 32.8 Å². The maximum absolute atomic E-state index is 13.7. The number of amides is 1. The van der Waals surface area contributed by atoms with Gasteiger partial charge in [-0.3, -0.25) is 4.79 Å². The van der Waals surface area contributed by atoms with Gasteiger partial charge in [0.2, 0.25) is 0 Å². The number of piperidine rings is 1. The maximum Gasteiger partial charge on any atom is 0.269 e. The largest absolute Gasteiger partial charge is 0.396 e. The van der Waals surface area contributed by atoms with Gasteiger partial charge in [0.05, 0.1) is 28.1 Å². The summed E-state index contributed by atoms with van der Waals surface area (Å²) in [6.07, 6.45) is 4.07. The number of fused-ring (bicyclic) bond motifs is 1. The number of aromatic nitrogens is 1. The summed E-state index contributed by atoms with van der Waals surface area (Å²) in [6, 6.07) is 19.1. The Morgan fingerprint density at radius 2 is 1.79 bits per heavy atom. The monoisotopic (exact) mass is 599 g/mol. The van der Waals surface area contributed by atoms with E-state index in [0.717, 1.165) is 47.5 Å². The van der Waals surface area contributed by atoms with Crippen LogP contribution in [0.25, 0.3) is 22.4 Å². The molecule has 43 heavy (non-hydrogen) atoms. The highest BCUT2D eigenvalue weighted by molar-refractivity contribution is 7.84. The fourth-order valence-electron chi connectivity index (χ4n) is 5.99. The van der Waals surface area contributed by atoms with Crippen molar-refractivity contribution in [2.24, 2.45) is 0 Å². The SMILES string of the molecule is CC(C)(C)[S@@](=O)N1Cc2cc(C(=O)NCCN3CCCCC3)nc(-c3cccc(-c4ccc(C#N)cc4)c3)c2[C@H]1CCO. The Bertz CT molecular complexity index is 1520. The average molecular weight is 600 g/mol. The summed E-state index contributed by atoms with van der Waals surface area (Å²) in [7, 11) is -1.34. The minimum Gasteiger partial charge on any atom is -0.396 e. The molecular weight excluding hydrogens is 558 g/mol. The van der Waals surface area contributed by atoms with Crippen LogP contribution in [-0.2, 0) is 17.5 Å². The summed E-state index contributed by atoms with van der Waals surface area (Å²) >= 11 is 0. The first-order valence-electron chi connectivity index (χ1n) is 15.1. The summed E-state index contributed by atoms with van der Waals surface area (Å²) in [5, 5.41) is 22.4. The normalized spacial score (nSPS) is 18.2. The topological polar surface area (TPSA) is 110 Å². The molecule has 9 heteroatoms. The molecule has 2 aliphatic heterocycles. The standard InChI is InChI=1S/C34H41N5O3S/c1-34(2,3)43(42)39-23-28-21-29(33(41)36-15-18-38-16-5-4-6-17-38)37-32(31(28)30(39)14-19-40)27-9-7-8-26(20-27)25-12-10-24(22-35)11-13-25/h7-13,20-21,30,40H,4-6,14-19,23H2,1-3H3,(H,36,41)/t30-,43-/m1/s1. The summed E-state index contributed by atoms with van der Waals surface area (Å²) in [4.78, 5) is 20.8. The number of pyridine rings is 1. The molecule has 0 radical (unpaired) electrons. The number of carbonyl (C=O) groups excluding carboxylic acids is 1. The predicted molar refractivity (Wildman–Crippen MR) is 170 cm³/mol. The minimum absolute atomic E-state index is 0.0641. The van der Waals surface area contributed by atoms with Crippen molar-refractivity contribution >= 4 is 16.9 Å². The van der Waals surface area contributed by atoms with Gasteiger partial charge in [-0.2, -0.15) is 5.26 Å². The smallest absolute Gasteiger partial charge is 0.269 e. The molecule has 3 heterocycles. The number of nitriles is 1. The van der Waals surface area contributed by atoms with Crippen LogP contribution in [0.15, 0.2) is 54.6 Å². The first-order chi connectivity index (χ1) is 20.7. The lowest BCUT2D eigenvalue weighted by atomic mass is 9.94. The quantitative estimate of drug-likeness (QED) is 0.350. The number of aliphatic hydroxyl groups excluding tert-OH is 1. The van der Waals surface area contributed by atoms with E-state index in [0.29, 0.717) is 36.5 Å². The maximum atomic E-state index is 13.7. The second-order valence-corrected chi connectivity index (χ2v) is 14.5. The fraction of sp³-hybridized carbons (Fsp3) is 0.441. The molecular formula is C34H41N5O3S. The van der Waals surface area contributed by atoms with Crippen molar-refractivity contribution in [1.29, 1.82) is 5.26 Å². The van der Waals surface area contributed by atoms with Crippen LogP contribution in [-0.4, -0.2) is 66.9 Å². The lowest BCUT2D eigenvalue weighted by molar-refractivity contribution is 0.0941. The number of likely N-dealkylation sites (tertiary alicyclic amines) is 1. The first kappa shape index (κ1) is 31.0. The molecule has 1 fully saturated rings. The van der Waals surface area contributed by atoms with Crippen molar-refractivity contribution in [3.63, 3.8) is 0 Å². The molecule has 0 spiro atoms. The third kappa shape index (κ3) is 7.05. The highest BCUT2D eigenvalue weighted by Gasteiger charge is 2.40. The van der Waals surface area contributed by atoms with Crippen molar-refractivity contribution in [1.82, 2.24) is 19.5 Å². The predicted octanol–water partition coefficient (Wildman–Crippen LogP) is 5.20. The number of hydrogen-bond acceptors (Lipinski definition) is 6. The molecule has 0 saturated carbocycles. The summed E-state index contributed by atoms with van der Waals surface area (Å²) < 4.78 is 15.1. The number of benzene rings is 2. The number of nitrogens with zero attached hydrogens (tertiary/aromatic N) is 4. The Morgan fingerprint density at radius 3 is 2.47 bits per heavy atom. The summed E-state index contributed by atoms with van der Waals surface area (Å²) in [5.41, 5.74) is 6.18. The molecule has 2 aromatic carbocycles. The van der Waals surface area contributed by atoms with Gasteiger partial charge in [-0.05, 0) is 94.1 Å². The van der Waals surface area contributed by atoms with Crippen LogP contribution in [0.5, 0.6) is 0 Å². The van der Waals surface area contributed by atoms with E-state index in [1.165, 1.54) is 19.3 Å². The van der Waals surface area contributed by atoms with Crippen LogP contribution in [0.1, 0.15) is 79.7 Å². The molecule has 2 N–H and O–H groups in total. The van der Waals surface area contributed by atoms with Crippen molar-refractivity contribution < 1.29 is 14.1 Å². The van der Waals surface area contributed by atoms with E-state index in [1.54, 1.807) is 12.1 Å². The van der Waals surface area contributed by atoms with E-state index >= 15 is 0 Å². The molecule has 0 unspecified atom stereocenters. The first-order valence-corrected chi connectivity index (χ1v) is 16.2. The van der Waals surface area contributed by atoms with Gasteiger partial charge in [0, 0.05) is 37.4 Å². The highest BCUT2D eigenvalue weighted by atomic mass is 32.2. The van der Waals surface area contributed by atoms with E-state index < -0.39 is 15.7 Å². The van der Waals surface area contributed by atoms with Gasteiger partial charge < -0.3 is 15.3 Å². The molecule has 2 atom stereocenters. The van der Waals surface area contributed by atoms with Crippen LogP contribution in [0, 0.1) is 11.3 Å². The number of hydrogen-bond donors (Lipinski definition) is 2. The molecule has 1 amide bonds.